The van der Waals surface area contributed by atoms with Gasteiger partial charge in [0.15, 0.2) is 6.10 Å². The Hall–Kier alpha value is -1.55. The van der Waals surface area contributed by atoms with Gasteiger partial charge in [-0.25, -0.2) is 4.79 Å². The molecule has 0 aliphatic carbocycles. The Morgan fingerprint density at radius 3 is 2.57 bits per heavy atom. The van der Waals surface area contributed by atoms with Gasteiger partial charge in [-0.15, -0.1) is 0 Å². The molecule has 0 amide bonds. The average molecular weight is 322 g/mol. The van der Waals surface area contributed by atoms with Crippen LogP contribution in [0.5, 0.6) is 5.75 Å². The lowest BCUT2D eigenvalue weighted by molar-refractivity contribution is -0.172. The molecule has 1 N–H and O–H groups in total. The lowest BCUT2D eigenvalue weighted by atomic mass is 10.0. The molecule has 4 nitrogen and oxygen atoms in total. The average Bonchev–Trinajstić information content (AvgIpc) is 2.46. The van der Waals surface area contributed by atoms with Crippen molar-refractivity contribution in [2.24, 2.45) is 0 Å². The van der Waals surface area contributed by atoms with E-state index in [2.05, 4.69) is 6.92 Å². The van der Waals surface area contributed by atoms with Crippen molar-refractivity contribution in [2.45, 2.75) is 78.1 Å². The zero-order valence-electron chi connectivity index (χ0n) is 15.0. The summed E-state index contributed by atoms with van der Waals surface area (Å²) >= 11 is 0. The number of esters is 1. The van der Waals surface area contributed by atoms with Crippen LogP contribution in [0.3, 0.4) is 0 Å². The Bertz CT molecular complexity index is 496. The monoisotopic (exact) mass is 322 g/mol. The molecule has 0 aliphatic heterocycles. The molecule has 0 bridgehead atoms. The molecule has 1 rings (SSSR count). The van der Waals surface area contributed by atoms with Gasteiger partial charge in [-0.2, -0.15) is 0 Å². The van der Waals surface area contributed by atoms with Crippen LogP contribution >= 0.6 is 0 Å². The van der Waals surface area contributed by atoms with E-state index in [1.807, 2.05) is 33.8 Å². The third-order valence-electron chi connectivity index (χ3n) is 3.80. The van der Waals surface area contributed by atoms with Gasteiger partial charge < -0.3 is 14.6 Å². The van der Waals surface area contributed by atoms with Gasteiger partial charge >= 0.3 is 5.97 Å². The minimum Gasteiger partial charge on any atom is -0.508 e. The van der Waals surface area contributed by atoms with Crippen LogP contribution in [0.2, 0.25) is 0 Å². The van der Waals surface area contributed by atoms with Crippen LogP contribution < -0.4 is 0 Å². The first-order valence-electron chi connectivity index (χ1n) is 8.43. The molecule has 2 unspecified atom stereocenters. The highest BCUT2D eigenvalue weighted by Gasteiger charge is 2.30. The second-order valence-electron chi connectivity index (χ2n) is 6.65. The molecular weight excluding hydrogens is 292 g/mol. The van der Waals surface area contributed by atoms with Crippen molar-refractivity contribution < 1.29 is 19.4 Å². The second kappa shape index (κ2) is 8.92. The van der Waals surface area contributed by atoms with E-state index in [0.29, 0.717) is 6.42 Å². The largest absolute Gasteiger partial charge is 0.508 e. The van der Waals surface area contributed by atoms with Gasteiger partial charge in [0, 0.05) is 6.42 Å². The van der Waals surface area contributed by atoms with E-state index in [0.717, 1.165) is 24.8 Å². The first-order valence-corrected chi connectivity index (χ1v) is 8.43. The third kappa shape index (κ3) is 7.04. The minimum atomic E-state index is -0.674. The third-order valence-corrected chi connectivity index (χ3v) is 3.80. The predicted molar refractivity (Wildman–Crippen MR) is 91.5 cm³/mol. The molecule has 4 heteroatoms. The number of hydrogen-bond acceptors (Lipinski definition) is 4. The summed E-state index contributed by atoms with van der Waals surface area (Å²) in [5.74, 6) is -0.156. The molecule has 0 fully saturated rings. The standard InChI is InChI=1S/C19H30O4/c1-6-11-19(4,5)23-17(18(21)22-14(3)7-2)13-15-9-8-10-16(20)12-15/h8-10,12,14,17,20H,6-7,11,13H2,1-5H3. The van der Waals surface area contributed by atoms with E-state index in [-0.39, 0.29) is 17.8 Å². The number of benzene rings is 1. The van der Waals surface area contributed by atoms with E-state index < -0.39 is 11.7 Å². The molecule has 0 heterocycles. The number of rotatable bonds is 9. The van der Waals surface area contributed by atoms with E-state index >= 15 is 0 Å². The summed E-state index contributed by atoms with van der Waals surface area (Å²) in [6.07, 6.45) is 2.19. The molecule has 0 saturated carbocycles. The van der Waals surface area contributed by atoms with Crippen molar-refractivity contribution in [3.63, 3.8) is 0 Å². The van der Waals surface area contributed by atoms with Crippen LogP contribution in [0.1, 0.15) is 59.4 Å². The molecule has 1 aromatic carbocycles. The topological polar surface area (TPSA) is 55.8 Å². The number of aromatic hydroxyl groups is 1. The predicted octanol–water partition coefficient (Wildman–Crippen LogP) is 4.24. The van der Waals surface area contributed by atoms with Gasteiger partial charge in [0.2, 0.25) is 0 Å². The Morgan fingerprint density at radius 2 is 2.00 bits per heavy atom. The fraction of sp³-hybridized carbons (Fsp3) is 0.632. The Balaban J connectivity index is 2.89. The van der Waals surface area contributed by atoms with Crippen LogP contribution in [0.25, 0.3) is 0 Å². The zero-order chi connectivity index (χ0) is 17.5. The van der Waals surface area contributed by atoms with Crippen molar-refractivity contribution in [3.05, 3.63) is 29.8 Å². The molecule has 0 saturated heterocycles. The van der Waals surface area contributed by atoms with E-state index in [1.165, 1.54) is 0 Å². The van der Waals surface area contributed by atoms with Gasteiger partial charge in [-0.1, -0.05) is 32.4 Å². The van der Waals surface area contributed by atoms with Gasteiger partial charge in [0.1, 0.15) is 5.75 Å². The first kappa shape index (κ1) is 19.5. The van der Waals surface area contributed by atoms with Crippen LogP contribution in [0.15, 0.2) is 24.3 Å². The van der Waals surface area contributed by atoms with Crippen LogP contribution in [0, 0.1) is 0 Å². The fourth-order valence-electron chi connectivity index (χ4n) is 2.47. The fourth-order valence-corrected chi connectivity index (χ4v) is 2.47. The maximum Gasteiger partial charge on any atom is 0.335 e. The number of carbonyl (C=O) groups is 1. The summed E-state index contributed by atoms with van der Waals surface area (Å²) < 4.78 is 11.5. The first-order chi connectivity index (χ1) is 10.8. The molecule has 0 aromatic heterocycles. The van der Waals surface area contributed by atoms with Gasteiger partial charge in [-0.05, 0) is 51.3 Å². The smallest absolute Gasteiger partial charge is 0.335 e. The van der Waals surface area contributed by atoms with Gasteiger partial charge in [-0.3, -0.25) is 0 Å². The molecular formula is C19H30O4. The molecule has 0 radical (unpaired) electrons. The lowest BCUT2D eigenvalue weighted by Crippen LogP contribution is -2.38. The zero-order valence-corrected chi connectivity index (χ0v) is 15.0. The molecule has 1 aromatic rings. The van der Waals surface area contributed by atoms with Crippen LogP contribution in [-0.4, -0.2) is 28.9 Å². The highest BCUT2D eigenvalue weighted by atomic mass is 16.6. The van der Waals surface area contributed by atoms with Crippen molar-refractivity contribution in [1.82, 2.24) is 0 Å². The number of phenols is 1. The quantitative estimate of drug-likeness (QED) is 0.691. The SMILES string of the molecule is CCCC(C)(C)OC(Cc1cccc(O)c1)C(=O)OC(C)CC. The van der Waals surface area contributed by atoms with E-state index in [1.54, 1.807) is 18.2 Å². The summed E-state index contributed by atoms with van der Waals surface area (Å²) in [5, 5.41) is 9.61. The lowest BCUT2D eigenvalue weighted by Gasteiger charge is -2.30. The molecule has 0 spiro atoms. The Kier molecular flexibility index (Phi) is 7.56. The minimum absolute atomic E-state index is 0.132. The summed E-state index contributed by atoms with van der Waals surface area (Å²) in [6.45, 7) is 9.92. The summed E-state index contributed by atoms with van der Waals surface area (Å²) in [5.41, 5.74) is 0.452. The maximum atomic E-state index is 12.5. The van der Waals surface area contributed by atoms with Crippen molar-refractivity contribution in [1.29, 1.82) is 0 Å². The van der Waals surface area contributed by atoms with Gasteiger partial charge in [0.25, 0.3) is 0 Å². The normalized spacial score (nSPS) is 14.3. The van der Waals surface area contributed by atoms with Crippen LogP contribution in [-0.2, 0) is 20.7 Å². The number of hydrogen-bond donors (Lipinski definition) is 1. The molecule has 0 aliphatic rings. The summed E-state index contributed by atoms with van der Waals surface area (Å²) in [4.78, 5) is 12.5. The highest BCUT2D eigenvalue weighted by Crippen LogP contribution is 2.23. The van der Waals surface area contributed by atoms with E-state index in [9.17, 15) is 9.90 Å². The highest BCUT2D eigenvalue weighted by molar-refractivity contribution is 5.75. The second-order valence-corrected chi connectivity index (χ2v) is 6.65. The summed E-state index contributed by atoms with van der Waals surface area (Å²) in [6, 6.07) is 6.90. The molecule has 23 heavy (non-hydrogen) atoms. The van der Waals surface area contributed by atoms with Crippen molar-refractivity contribution in [2.75, 3.05) is 0 Å². The number of ether oxygens (including phenoxy) is 2. The van der Waals surface area contributed by atoms with Gasteiger partial charge in [0.05, 0.1) is 11.7 Å². The van der Waals surface area contributed by atoms with Crippen LogP contribution in [0.4, 0.5) is 0 Å². The van der Waals surface area contributed by atoms with E-state index in [4.69, 9.17) is 9.47 Å². The van der Waals surface area contributed by atoms with Crippen molar-refractivity contribution in [3.8, 4) is 5.75 Å². The Labute approximate surface area is 139 Å². The number of carbonyl (C=O) groups excluding carboxylic acids is 1. The summed E-state index contributed by atoms with van der Waals surface area (Å²) in [7, 11) is 0. The van der Waals surface area contributed by atoms with Crippen molar-refractivity contribution >= 4 is 5.97 Å². The Morgan fingerprint density at radius 1 is 1.30 bits per heavy atom. The molecule has 130 valence electrons. The number of phenolic OH excluding ortho intramolecular Hbond substituents is 1. The maximum absolute atomic E-state index is 12.5. The molecule has 2 atom stereocenters.